The molecule has 0 radical (unpaired) electrons. The Morgan fingerprint density at radius 3 is 1.92 bits per heavy atom. The van der Waals surface area contributed by atoms with E-state index in [9.17, 15) is 4.79 Å². The predicted molar refractivity (Wildman–Crippen MR) is 103 cm³/mol. The number of benzene rings is 4. The lowest BCUT2D eigenvalue weighted by Gasteiger charge is -2.12. The largest absolute Gasteiger partial charge is 0.486 e. The number of rotatable bonds is 4. The minimum absolute atomic E-state index is 0.0177. The number of carbonyl (C=O) groups is 1. The van der Waals surface area contributed by atoms with Crippen LogP contribution in [-0.2, 0) is 4.79 Å². The number of ketones is 1. The Hall–Kier alpha value is -3.13. The van der Waals surface area contributed by atoms with Gasteiger partial charge in [0.2, 0.25) is 0 Å². The summed E-state index contributed by atoms with van der Waals surface area (Å²) in [7, 11) is 0. The number of carbonyl (C=O) groups excluding carboxylic acids is 1. The summed E-state index contributed by atoms with van der Waals surface area (Å²) >= 11 is 0. The fraction of sp³-hybridized carbons (Fsp3) is 0.0870. The highest BCUT2D eigenvalue weighted by Crippen LogP contribution is 2.36. The molecule has 2 heteroatoms. The lowest BCUT2D eigenvalue weighted by Crippen LogP contribution is -2.06. The molecule has 0 saturated heterocycles. The van der Waals surface area contributed by atoms with Crippen molar-refractivity contribution in [3.05, 3.63) is 78.9 Å². The van der Waals surface area contributed by atoms with E-state index in [1.807, 2.05) is 12.1 Å². The SMILES string of the molecule is CC(=O)COc1ccc(-c2c3ccccc3cc3ccccc23)cc1. The van der Waals surface area contributed by atoms with Crippen molar-refractivity contribution in [2.75, 3.05) is 6.61 Å². The Labute approximate surface area is 146 Å². The van der Waals surface area contributed by atoms with Crippen LogP contribution in [0.1, 0.15) is 6.92 Å². The van der Waals surface area contributed by atoms with E-state index in [2.05, 4.69) is 66.7 Å². The second-order valence-corrected chi connectivity index (χ2v) is 6.21. The first-order valence-corrected chi connectivity index (χ1v) is 8.35. The van der Waals surface area contributed by atoms with Gasteiger partial charge in [-0.05, 0) is 57.8 Å². The molecule has 0 unspecified atom stereocenters. The predicted octanol–water partition coefficient (Wildman–Crippen LogP) is 5.63. The van der Waals surface area contributed by atoms with Gasteiger partial charge in [-0.3, -0.25) is 4.79 Å². The first-order chi connectivity index (χ1) is 12.2. The molecule has 4 rings (SSSR count). The lowest BCUT2D eigenvalue weighted by molar-refractivity contribution is -0.118. The molecule has 0 saturated carbocycles. The number of hydrogen-bond donors (Lipinski definition) is 0. The second kappa shape index (κ2) is 6.40. The fourth-order valence-electron chi connectivity index (χ4n) is 3.23. The molecule has 0 amide bonds. The van der Waals surface area contributed by atoms with Crippen LogP contribution in [-0.4, -0.2) is 12.4 Å². The van der Waals surface area contributed by atoms with Gasteiger partial charge >= 0.3 is 0 Å². The second-order valence-electron chi connectivity index (χ2n) is 6.21. The van der Waals surface area contributed by atoms with Gasteiger partial charge in [0, 0.05) is 0 Å². The Morgan fingerprint density at radius 1 is 0.800 bits per heavy atom. The van der Waals surface area contributed by atoms with Crippen LogP contribution >= 0.6 is 0 Å². The van der Waals surface area contributed by atoms with Crippen molar-refractivity contribution in [2.24, 2.45) is 0 Å². The van der Waals surface area contributed by atoms with E-state index >= 15 is 0 Å². The molecule has 0 heterocycles. The zero-order valence-corrected chi connectivity index (χ0v) is 14.0. The molecule has 0 bridgehead atoms. The van der Waals surface area contributed by atoms with Crippen molar-refractivity contribution in [1.82, 2.24) is 0 Å². The smallest absolute Gasteiger partial charge is 0.167 e. The van der Waals surface area contributed by atoms with Crippen molar-refractivity contribution in [3.63, 3.8) is 0 Å². The van der Waals surface area contributed by atoms with Gasteiger partial charge in [0.25, 0.3) is 0 Å². The minimum Gasteiger partial charge on any atom is -0.486 e. The van der Waals surface area contributed by atoms with Crippen LogP contribution in [0.25, 0.3) is 32.7 Å². The highest BCUT2D eigenvalue weighted by Gasteiger charge is 2.09. The average Bonchev–Trinajstić information content (AvgIpc) is 2.65. The monoisotopic (exact) mass is 326 g/mol. The molecule has 0 aliphatic carbocycles. The van der Waals surface area contributed by atoms with E-state index in [-0.39, 0.29) is 12.4 Å². The van der Waals surface area contributed by atoms with E-state index in [1.165, 1.54) is 34.0 Å². The molecule has 0 atom stereocenters. The zero-order valence-electron chi connectivity index (χ0n) is 14.0. The van der Waals surface area contributed by atoms with Crippen molar-refractivity contribution in [2.45, 2.75) is 6.92 Å². The molecule has 4 aromatic rings. The normalized spacial score (nSPS) is 10.9. The minimum atomic E-state index is 0.0177. The Bertz CT molecular complexity index is 1010. The summed E-state index contributed by atoms with van der Waals surface area (Å²) in [4.78, 5) is 11.1. The third kappa shape index (κ3) is 2.99. The van der Waals surface area contributed by atoms with Gasteiger partial charge in [0.1, 0.15) is 12.4 Å². The number of hydrogen-bond acceptors (Lipinski definition) is 2. The van der Waals surface area contributed by atoms with Crippen LogP contribution in [0.5, 0.6) is 5.75 Å². The van der Waals surface area contributed by atoms with E-state index in [0.717, 1.165) is 5.56 Å². The number of Topliss-reactive ketones (excluding diaryl/α,β-unsaturated/α-hetero) is 1. The number of ether oxygens (including phenoxy) is 1. The maximum absolute atomic E-state index is 11.1. The molecule has 122 valence electrons. The first kappa shape index (κ1) is 15.4. The third-order valence-corrected chi connectivity index (χ3v) is 4.36. The summed E-state index contributed by atoms with van der Waals surface area (Å²) in [6.45, 7) is 1.63. The van der Waals surface area contributed by atoms with Crippen molar-refractivity contribution < 1.29 is 9.53 Å². The van der Waals surface area contributed by atoms with Crippen molar-refractivity contribution in [1.29, 1.82) is 0 Å². The van der Waals surface area contributed by atoms with Crippen LogP contribution in [0.15, 0.2) is 78.9 Å². The van der Waals surface area contributed by atoms with Gasteiger partial charge in [-0.2, -0.15) is 0 Å². The highest BCUT2D eigenvalue weighted by molar-refractivity contribution is 6.12. The molecule has 4 aromatic carbocycles. The topological polar surface area (TPSA) is 26.3 Å². The summed E-state index contributed by atoms with van der Waals surface area (Å²) in [6, 6.07) is 27.1. The molecular weight excluding hydrogens is 308 g/mol. The van der Waals surface area contributed by atoms with Crippen LogP contribution in [0.4, 0.5) is 0 Å². The lowest BCUT2D eigenvalue weighted by atomic mass is 9.92. The molecule has 0 aliphatic heterocycles. The van der Waals surface area contributed by atoms with E-state index in [4.69, 9.17) is 4.74 Å². The molecule has 0 aliphatic rings. The fourth-order valence-corrected chi connectivity index (χ4v) is 3.23. The van der Waals surface area contributed by atoms with Gasteiger partial charge < -0.3 is 4.74 Å². The summed E-state index contributed by atoms with van der Waals surface area (Å²) in [5.74, 6) is 0.729. The van der Waals surface area contributed by atoms with Gasteiger partial charge in [-0.25, -0.2) is 0 Å². The summed E-state index contributed by atoms with van der Waals surface area (Å²) in [5, 5.41) is 4.93. The van der Waals surface area contributed by atoms with Crippen LogP contribution in [0.3, 0.4) is 0 Å². The van der Waals surface area contributed by atoms with E-state index in [0.29, 0.717) is 5.75 Å². The Kier molecular flexibility index (Phi) is 3.95. The van der Waals surface area contributed by atoms with Crippen LogP contribution in [0.2, 0.25) is 0 Å². The third-order valence-electron chi connectivity index (χ3n) is 4.36. The van der Waals surface area contributed by atoms with E-state index < -0.39 is 0 Å². The summed E-state index contributed by atoms with van der Waals surface area (Å²) in [5.41, 5.74) is 2.37. The molecule has 25 heavy (non-hydrogen) atoms. The molecule has 0 fully saturated rings. The molecule has 2 nitrogen and oxygen atoms in total. The molecule has 0 N–H and O–H groups in total. The van der Waals surface area contributed by atoms with Gasteiger partial charge in [0.15, 0.2) is 5.78 Å². The maximum Gasteiger partial charge on any atom is 0.167 e. The molecule has 0 spiro atoms. The van der Waals surface area contributed by atoms with Crippen molar-refractivity contribution in [3.8, 4) is 16.9 Å². The first-order valence-electron chi connectivity index (χ1n) is 8.35. The van der Waals surface area contributed by atoms with Gasteiger partial charge in [0.05, 0.1) is 0 Å². The maximum atomic E-state index is 11.1. The Morgan fingerprint density at radius 2 is 1.36 bits per heavy atom. The van der Waals surface area contributed by atoms with Crippen LogP contribution < -0.4 is 4.74 Å². The van der Waals surface area contributed by atoms with Gasteiger partial charge in [-0.15, -0.1) is 0 Å². The molecule has 0 aromatic heterocycles. The average molecular weight is 326 g/mol. The molecular formula is C23H18O2. The Balaban J connectivity index is 1.88. The highest BCUT2D eigenvalue weighted by atomic mass is 16.5. The quantitative estimate of drug-likeness (QED) is 0.454. The standard InChI is InChI=1S/C23H18O2/c1-16(24)15-25-20-12-10-17(11-13-20)23-21-8-4-2-6-18(21)14-19-7-3-5-9-22(19)23/h2-14H,15H2,1H3. The van der Waals surface area contributed by atoms with E-state index in [1.54, 1.807) is 0 Å². The number of fused-ring (bicyclic) bond motifs is 2. The summed E-state index contributed by atoms with van der Waals surface area (Å²) in [6.07, 6.45) is 0. The van der Waals surface area contributed by atoms with Crippen LogP contribution in [0, 0.1) is 0 Å². The van der Waals surface area contributed by atoms with Crippen molar-refractivity contribution >= 4 is 27.3 Å². The van der Waals surface area contributed by atoms with Gasteiger partial charge in [-0.1, -0.05) is 60.7 Å². The zero-order chi connectivity index (χ0) is 17.2. The summed E-state index contributed by atoms with van der Waals surface area (Å²) < 4.78 is 5.48.